The number of methoxy groups -OCH3 is 2. The van der Waals surface area contributed by atoms with Gasteiger partial charge < -0.3 is 19.1 Å². The lowest BCUT2D eigenvalue weighted by atomic mass is 10.0. The average molecular weight is 376 g/mol. The van der Waals surface area contributed by atoms with E-state index in [1.165, 1.54) is 0 Å². The van der Waals surface area contributed by atoms with Crippen LogP contribution in [0.25, 0.3) is 0 Å². The van der Waals surface area contributed by atoms with E-state index in [0.717, 1.165) is 29.9 Å². The van der Waals surface area contributed by atoms with Crippen LogP contribution in [0.15, 0.2) is 42.5 Å². The summed E-state index contributed by atoms with van der Waals surface area (Å²) >= 11 is 6.08. The molecule has 1 aliphatic heterocycles. The third-order valence-corrected chi connectivity index (χ3v) is 4.87. The molecular formula is C20H22ClNO4. The lowest BCUT2D eigenvalue weighted by molar-refractivity contribution is -0.134. The molecule has 1 aliphatic rings. The molecule has 0 saturated carbocycles. The zero-order valence-corrected chi connectivity index (χ0v) is 15.7. The SMILES string of the molecule is COc1ccc(OC)c([C@@H]2CCCN2C(=O)COc2ccccc2Cl)c1. The molecule has 1 heterocycles. The number of para-hydroxylation sites is 1. The minimum Gasteiger partial charge on any atom is -0.497 e. The maximum Gasteiger partial charge on any atom is 0.261 e. The summed E-state index contributed by atoms with van der Waals surface area (Å²) in [5.74, 6) is 1.93. The molecule has 6 heteroatoms. The highest BCUT2D eigenvalue weighted by Gasteiger charge is 2.32. The van der Waals surface area contributed by atoms with Crippen molar-refractivity contribution in [1.82, 2.24) is 4.90 Å². The fourth-order valence-corrected chi connectivity index (χ4v) is 3.46. The molecule has 1 saturated heterocycles. The van der Waals surface area contributed by atoms with Crippen LogP contribution < -0.4 is 14.2 Å². The van der Waals surface area contributed by atoms with E-state index in [-0.39, 0.29) is 18.6 Å². The fraction of sp³-hybridized carbons (Fsp3) is 0.350. The molecule has 1 amide bonds. The van der Waals surface area contributed by atoms with Crippen LogP contribution in [0.1, 0.15) is 24.4 Å². The Balaban J connectivity index is 1.75. The van der Waals surface area contributed by atoms with E-state index in [1.807, 2.05) is 35.2 Å². The van der Waals surface area contributed by atoms with Crippen molar-refractivity contribution in [3.05, 3.63) is 53.1 Å². The number of nitrogens with zero attached hydrogens (tertiary/aromatic N) is 1. The van der Waals surface area contributed by atoms with E-state index in [9.17, 15) is 4.79 Å². The van der Waals surface area contributed by atoms with Gasteiger partial charge in [-0.2, -0.15) is 0 Å². The molecule has 26 heavy (non-hydrogen) atoms. The van der Waals surface area contributed by atoms with Gasteiger partial charge in [0.2, 0.25) is 0 Å². The summed E-state index contributed by atoms with van der Waals surface area (Å²) < 4.78 is 16.4. The number of likely N-dealkylation sites (tertiary alicyclic amines) is 1. The first kappa shape index (κ1) is 18.4. The molecule has 5 nitrogen and oxygen atoms in total. The van der Waals surface area contributed by atoms with Gasteiger partial charge in [-0.1, -0.05) is 23.7 Å². The number of benzene rings is 2. The van der Waals surface area contributed by atoms with Crippen LogP contribution in [0.2, 0.25) is 5.02 Å². The van der Waals surface area contributed by atoms with E-state index < -0.39 is 0 Å². The summed E-state index contributed by atoms with van der Waals surface area (Å²) in [5, 5.41) is 0.493. The van der Waals surface area contributed by atoms with E-state index in [1.54, 1.807) is 26.4 Å². The Morgan fingerprint density at radius 3 is 2.69 bits per heavy atom. The van der Waals surface area contributed by atoms with Crippen molar-refractivity contribution in [2.75, 3.05) is 27.4 Å². The van der Waals surface area contributed by atoms with Gasteiger partial charge in [0.1, 0.15) is 17.2 Å². The molecule has 0 aliphatic carbocycles. The molecule has 0 bridgehead atoms. The number of amides is 1. The van der Waals surface area contributed by atoms with Crippen molar-refractivity contribution < 1.29 is 19.0 Å². The lowest BCUT2D eigenvalue weighted by Crippen LogP contribution is -2.34. The molecule has 0 aromatic heterocycles. The molecule has 0 spiro atoms. The summed E-state index contributed by atoms with van der Waals surface area (Å²) in [7, 11) is 3.26. The summed E-state index contributed by atoms with van der Waals surface area (Å²) in [4.78, 5) is 14.6. The second-order valence-electron chi connectivity index (χ2n) is 6.07. The molecule has 0 unspecified atom stereocenters. The molecule has 2 aromatic rings. The Morgan fingerprint density at radius 1 is 1.15 bits per heavy atom. The molecule has 0 radical (unpaired) electrons. The molecule has 138 valence electrons. The number of hydrogen-bond donors (Lipinski definition) is 0. The summed E-state index contributed by atoms with van der Waals surface area (Å²) in [6, 6.07) is 12.7. The first-order valence-corrected chi connectivity index (χ1v) is 8.90. The monoisotopic (exact) mass is 375 g/mol. The number of hydrogen-bond acceptors (Lipinski definition) is 4. The Hall–Kier alpha value is -2.40. The molecular weight excluding hydrogens is 354 g/mol. The summed E-state index contributed by atoms with van der Waals surface area (Å²) in [5.41, 5.74) is 0.954. The van der Waals surface area contributed by atoms with Gasteiger partial charge in [-0.3, -0.25) is 4.79 Å². The predicted octanol–water partition coefficient (Wildman–Crippen LogP) is 4.10. The van der Waals surface area contributed by atoms with Gasteiger partial charge in [0.25, 0.3) is 5.91 Å². The van der Waals surface area contributed by atoms with Crippen LogP contribution in [0.3, 0.4) is 0 Å². The Morgan fingerprint density at radius 2 is 1.96 bits per heavy atom. The van der Waals surface area contributed by atoms with Crippen LogP contribution in [-0.4, -0.2) is 38.2 Å². The normalized spacial score (nSPS) is 16.4. The first-order chi connectivity index (χ1) is 12.6. The fourth-order valence-electron chi connectivity index (χ4n) is 3.27. The zero-order valence-electron chi connectivity index (χ0n) is 14.9. The zero-order chi connectivity index (χ0) is 18.5. The Kier molecular flexibility index (Phi) is 5.89. The highest BCUT2D eigenvalue weighted by Crippen LogP contribution is 2.39. The molecule has 3 rings (SSSR count). The van der Waals surface area contributed by atoms with Crippen LogP contribution in [-0.2, 0) is 4.79 Å². The van der Waals surface area contributed by atoms with Crippen molar-refractivity contribution in [2.45, 2.75) is 18.9 Å². The number of rotatable bonds is 6. The quantitative estimate of drug-likeness (QED) is 0.762. The highest BCUT2D eigenvalue weighted by molar-refractivity contribution is 6.32. The number of halogens is 1. The van der Waals surface area contributed by atoms with Gasteiger partial charge in [-0.25, -0.2) is 0 Å². The van der Waals surface area contributed by atoms with Crippen molar-refractivity contribution >= 4 is 17.5 Å². The first-order valence-electron chi connectivity index (χ1n) is 8.52. The molecule has 0 N–H and O–H groups in total. The van der Waals surface area contributed by atoms with Crippen LogP contribution in [0.5, 0.6) is 17.2 Å². The van der Waals surface area contributed by atoms with Crippen molar-refractivity contribution in [2.24, 2.45) is 0 Å². The Bertz CT molecular complexity index is 780. The van der Waals surface area contributed by atoms with Gasteiger partial charge in [0.05, 0.1) is 25.3 Å². The smallest absolute Gasteiger partial charge is 0.261 e. The van der Waals surface area contributed by atoms with Gasteiger partial charge in [-0.15, -0.1) is 0 Å². The molecule has 2 aromatic carbocycles. The van der Waals surface area contributed by atoms with E-state index in [2.05, 4.69) is 0 Å². The number of ether oxygens (including phenoxy) is 3. The number of carbonyl (C=O) groups is 1. The van der Waals surface area contributed by atoms with Crippen LogP contribution in [0.4, 0.5) is 0 Å². The topological polar surface area (TPSA) is 48.0 Å². The average Bonchev–Trinajstić information content (AvgIpc) is 3.16. The summed E-state index contributed by atoms with van der Waals surface area (Å²) in [6.07, 6.45) is 1.81. The van der Waals surface area contributed by atoms with Crippen molar-refractivity contribution in [3.63, 3.8) is 0 Å². The minimum absolute atomic E-state index is 0.0491. The maximum absolute atomic E-state index is 12.8. The lowest BCUT2D eigenvalue weighted by Gasteiger charge is -2.26. The van der Waals surface area contributed by atoms with Crippen LogP contribution in [0, 0.1) is 0 Å². The van der Waals surface area contributed by atoms with Gasteiger partial charge in [-0.05, 0) is 43.2 Å². The van der Waals surface area contributed by atoms with Crippen molar-refractivity contribution in [1.29, 1.82) is 0 Å². The van der Waals surface area contributed by atoms with E-state index in [4.69, 9.17) is 25.8 Å². The van der Waals surface area contributed by atoms with E-state index in [0.29, 0.717) is 17.3 Å². The van der Waals surface area contributed by atoms with Gasteiger partial charge in [0.15, 0.2) is 6.61 Å². The third-order valence-electron chi connectivity index (χ3n) is 4.56. The van der Waals surface area contributed by atoms with Gasteiger partial charge in [0, 0.05) is 12.1 Å². The predicted molar refractivity (Wildman–Crippen MR) is 100 cm³/mol. The summed E-state index contributed by atoms with van der Waals surface area (Å²) in [6.45, 7) is 0.641. The largest absolute Gasteiger partial charge is 0.497 e. The third kappa shape index (κ3) is 3.88. The second kappa shape index (κ2) is 8.32. The van der Waals surface area contributed by atoms with E-state index >= 15 is 0 Å². The molecule has 1 atom stereocenters. The molecule has 1 fully saturated rings. The Labute approximate surface area is 158 Å². The highest BCUT2D eigenvalue weighted by atomic mass is 35.5. The van der Waals surface area contributed by atoms with Crippen molar-refractivity contribution in [3.8, 4) is 17.2 Å². The number of carbonyl (C=O) groups excluding carboxylic acids is 1. The second-order valence-corrected chi connectivity index (χ2v) is 6.48. The van der Waals surface area contributed by atoms with Crippen LogP contribution >= 0.6 is 11.6 Å². The standard InChI is InChI=1S/C20H22ClNO4/c1-24-14-9-10-18(25-2)15(12-14)17-7-5-11-22(17)20(23)13-26-19-8-4-3-6-16(19)21/h3-4,6,8-10,12,17H,5,7,11,13H2,1-2H3/t17-/m0/s1. The maximum atomic E-state index is 12.8. The minimum atomic E-state index is -0.0720. The van der Waals surface area contributed by atoms with Gasteiger partial charge >= 0.3 is 0 Å².